The molecule has 0 saturated carbocycles. The first-order valence-corrected chi connectivity index (χ1v) is 6.14. The Bertz CT molecular complexity index is 612. The zero-order valence-corrected chi connectivity index (χ0v) is 11.3. The fraction of sp³-hybridized carbons (Fsp3) is 0.385. The van der Waals surface area contributed by atoms with Gasteiger partial charge >= 0.3 is 0 Å². The number of ether oxygens (including phenoxy) is 1. The molecule has 0 aromatic carbocycles. The van der Waals surface area contributed by atoms with Gasteiger partial charge in [-0.2, -0.15) is 10.2 Å². The van der Waals surface area contributed by atoms with Crippen molar-refractivity contribution < 1.29 is 9.26 Å². The van der Waals surface area contributed by atoms with Crippen LogP contribution in [0, 0.1) is 11.3 Å². The van der Waals surface area contributed by atoms with Crippen molar-refractivity contribution >= 4 is 0 Å². The Hall–Kier alpha value is -2.30. The fourth-order valence-electron chi connectivity index (χ4n) is 1.52. The predicted molar refractivity (Wildman–Crippen MR) is 70.3 cm³/mol. The summed E-state index contributed by atoms with van der Waals surface area (Å²) in [5.74, 6) is 0.616. The molecule has 7 heteroatoms. The quantitative estimate of drug-likeness (QED) is 0.871. The smallest absolute Gasteiger partial charge is 0.276 e. The van der Waals surface area contributed by atoms with Crippen LogP contribution in [0.1, 0.15) is 25.2 Å². The lowest BCUT2D eigenvalue weighted by atomic mass is 10.1. The maximum atomic E-state index is 8.72. The molecule has 20 heavy (non-hydrogen) atoms. The van der Waals surface area contributed by atoms with Crippen molar-refractivity contribution in [2.45, 2.75) is 19.4 Å². The monoisotopic (exact) mass is 273 g/mol. The average molecular weight is 273 g/mol. The molecule has 0 saturated heterocycles. The van der Waals surface area contributed by atoms with E-state index in [1.54, 1.807) is 19.1 Å². The fourth-order valence-corrected chi connectivity index (χ4v) is 1.52. The van der Waals surface area contributed by atoms with Gasteiger partial charge in [-0.05, 0) is 26.0 Å². The van der Waals surface area contributed by atoms with E-state index in [1.807, 2.05) is 13.0 Å². The molecule has 7 nitrogen and oxygen atoms in total. The van der Waals surface area contributed by atoms with Crippen molar-refractivity contribution in [3.63, 3.8) is 0 Å². The summed E-state index contributed by atoms with van der Waals surface area (Å²) < 4.78 is 10.4. The molecule has 0 fully saturated rings. The Morgan fingerprint density at radius 1 is 1.50 bits per heavy atom. The molecule has 2 aromatic heterocycles. The molecule has 2 aromatic rings. The lowest BCUT2D eigenvalue weighted by molar-refractivity contribution is 0.0962. The third-order valence-electron chi connectivity index (χ3n) is 2.65. The maximum Gasteiger partial charge on any atom is 0.276 e. The Kier molecular flexibility index (Phi) is 4.08. The summed E-state index contributed by atoms with van der Waals surface area (Å²) in [4.78, 5) is 8.32. The van der Waals surface area contributed by atoms with E-state index >= 15 is 0 Å². The van der Waals surface area contributed by atoms with Crippen LogP contribution >= 0.6 is 0 Å². The average Bonchev–Trinajstić information content (AvgIpc) is 2.96. The molecule has 0 aliphatic heterocycles. The van der Waals surface area contributed by atoms with Crippen LogP contribution in [0.4, 0.5) is 0 Å². The number of nitrogens with two attached hydrogens (primary N) is 1. The first-order valence-electron chi connectivity index (χ1n) is 6.14. The van der Waals surface area contributed by atoms with Gasteiger partial charge in [0.25, 0.3) is 5.89 Å². The molecular weight excluding hydrogens is 258 g/mol. The molecule has 0 aliphatic carbocycles. The molecular formula is C13H15N5O2. The lowest BCUT2D eigenvalue weighted by Crippen LogP contribution is -2.39. The highest BCUT2D eigenvalue weighted by molar-refractivity contribution is 5.47. The molecule has 1 atom stereocenters. The number of aromatic nitrogens is 3. The first-order chi connectivity index (χ1) is 9.56. The minimum atomic E-state index is -0.829. The van der Waals surface area contributed by atoms with Crippen LogP contribution in [0.15, 0.2) is 22.9 Å². The Labute approximate surface area is 116 Å². The second-order valence-electron chi connectivity index (χ2n) is 4.52. The molecule has 0 spiro atoms. The summed E-state index contributed by atoms with van der Waals surface area (Å²) >= 11 is 0. The van der Waals surface area contributed by atoms with E-state index < -0.39 is 5.54 Å². The van der Waals surface area contributed by atoms with Gasteiger partial charge in [-0.3, -0.25) is 0 Å². The summed E-state index contributed by atoms with van der Waals surface area (Å²) in [6, 6.07) is 5.27. The van der Waals surface area contributed by atoms with E-state index in [9.17, 15) is 0 Å². The molecule has 2 N–H and O–H groups in total. The highest BCUT2D eigenvalue weighted by Crippen LogP contribution is 2.20. The van der Waals surface area contributed by atoms with Crippen molar-refractivity contribution in [2.24, 2.45) is 5.73 Å². The van der Waals surface area contributed by atoms with Crippen molar-refractivity contribution in [3.05, 3.63) is 29.7 Å². The van der Waals surface area contributed by atoms with E-state index in [4.69, 9.17) is 20.3 Å². The van der Waals surface area contributed by atoms with Gasteiger partial charge in [0, 0.05) is 12.8 Å². The number of pyridine rings is 1. The van der Waals surface area contributed by atoms with Crippen molar-refractivity contribution in [2.75, 3.05) is 13.2 Å². The van der Waals surface area contributed by atoms with E-state index in [-0.39, 0.29) is 5.89 Å². The molecule has 2 heterocycles. The summed E-state index contributed by atoms with van der Waals surface area (Å²) in [6.45, 7) is 4.51. The molecule has 2 rings (SSSR count). The standard InChI is InChI=1S/C13H15N5O2/c1-3-19-8-13(2,15)12-17-11(20-18-12)10-5-4-9(6-14)7-16-10/h4-5,7H,3,8,15H2,1-2H3. The number of rotatable bonds is 5. The van der Waals surface area contributed by atoms with Crippen LogP contribution in [0.3, 0.4) is 0 Å². The molecule has 0 aliphatic rings. The summed E-state index contributed by atoms with van der Waals surface area (Å²) in [5, 5.41) is 12.6. The van der Waals surface area contributed by atoms with E-state index in [2.05, 4.69) is 15.1 Å². The Morgan fingerprint density at radius 3 is 2.90 bits per heavy atom. The topological polar surface area (TPSA) is 111 Å². The van der Waals surface area contributed by atoms with Crippen LogP contribution in [0.2, 0.25) is 0 Å². The molecule has 1 unspecified atom stereocenters. The normalized spacial score (nSPS) is 13.7. The van der Waals surface area contributed by atoms with Gasteiger partial charge in [0.1, 0.15) is 17.3 Å². The van der Waals surface area contributed by atoms with Gasteiger partial charge < -0.3 is 15.0 Å². The Morgan fingerprint density at radius 2 is 2.30 bits per heavy atom. The zero-order chi connectivity index (χ0) is 14.6. The van der Waals surface area contributed by atoms with Crippen LogP contribution in [-0.2, 0) is 10.3 Å². The summed E-state index contributed by atoms with van der Waals surface area (Å²) in [6.07, 6.45) is 1.45. The highest BCUT2D eigenvalue weighted by atomic mass is 16.5. The van der Waals surface area contributed by atoms with E-state index in [1.165, 1.54) is 6.20 Å². The van der Waals surface area contributed by atoms with Crippen molar-refractivity contribution in [1.29, 1.82) is 5.26 Å². The van der Waals surface area contributed by atoms with Crippen molar-refractivity contribution in [3.8, 4) is 17.7 Å². The summed E-state index contributed by atoms with van der Waals surface area (Å²) in [5.41, 5.74) is 6.22. The maximum absolute atomic E-state index is 8.72. The van der Waals surface area contributed by atoms with Gasteiger partial charge in [-0.15, -0.1) is 0 Å². The minimum absolute atomic E-state index is 0.262. The number of nitriles is 1. The lowest BCUT2D eigenvalue weighted by Gasteiger charge is -2.19. The van der Waals surface area contributed by atoms with Gasteiger partial charge in [-0.1, -0.05) is 5.16 Å². The van der Waals surface area contributed by atoms with Gasteiger partial charge in [0.15, 0.2) is 5.82 Å². The SMILES string of the molecule is CCOCC(C)(N)c1noc(-c2ccc(C#N)cn2)n1. The van der Waals surface area contributed by atoms with Crippen LogP contribution < -0.4 is 5.73 Å². The van der Waals surface area contributed by atoms with E-state index in [0.29, 0.717) is 30.3 Å². The van der Waals surface area contributed by atoms with Gasteiger partial charge in [0.05, 0.1) is 12.2 Å². The van der Waals surface area contributed by atoms with Crippen LogP contribution in [0.25, 0.3) is 11.6 Å². The predicted octanol–water partition coefficient (Wildman–Crippen LogP) is 1.21. The largest absolute Gasteiger partial charge is 0.379 e. The van der Waals surface area contributed by atoms with Gasteiger partial charge in [0.2, 0.25) is 0 Å². The second kappa shape index (κ2) is 5.77. The minimum Gasteiger partial charge on any atom is -0.379 e. The van der Waals surface area contributed by atoms with E-state index in [0.717, 1.165) is 0 Å². The highest BCUT2D eigenvalue weighted by Gasteiger charge is 2.28. The Balaban J connectivity index is 2.21. The van der Waals surface area contributed by atoms with Crippen molar-refractivity contribution in [1.82, 2.24) is 15.1 Å². The first kappa shape index (κ1) is 14.1. The molecule has 0 bridgehead atoms. The number of hydrogen-bond donors (Lipinski definition) is 1. The number of nitrogens with zero attached hydrogens (tertiary/aromatic N) is 4. The van der Waals surface area contributed by atoms with Crippen LogP contribution in [0.5, 0.6) is 0 Å². The third-order valence-corrected chi connectivity index (χ3v) is 2.65. The van der Waals surface area contributed by atoms with Gasteiger partial charge in [-0.25, -0.2) is 4.98 Å². The third kappa shape index (κ3) is 2.99. The summed E-state index contributed by atoms with van der Waals surface area (Å²) in [7, 11) is 0. The molecule has 104 valence electrons. The molecule has 0 amide bonds. The second-order valence-corrected chi connectivity index (χ2v) is 4.52. The zero-order valence-electron chi connectivity index (χ0n) is 11.3. The molecule has 0 radical (unpaired) electrons. The number of hydrogen-bond acceptors (Lipinski definition) is 7. The van der Waals surface area contributed by atoms with Crippen LogP contribution in [-0.4, -0.2) is 28.3 Å².